The minimum Gasteiger partial charge on any atom is -0.480 e. The minimum absolute atomic E-state index is 0.435. The molecule has 2 N–H and O–H groups in total. The van der Waals surface area contributed by atoms with E-state index in [0.29, 0.717) is 19.0 Å². The molecule has 0 spiro atoms. The van der Waals surface area contributed by atoms with Gasteiger partial charge in [-0.3, -0.25) is 4.79 Å². The van der Waals surface area contributed by atoms with Gasteiger partial charge >= 0.3 is 5.97 Å². The Bertz CT molecular complexity index is 408. The molecular formula is C10H13N3O3. The van der Waals surface area contributed by atoms with Crippen molar-refractivity contribution in [2.24, 2.45) is 0 Å². The normalized spacial score (nSPS) is 16.3. The van der Waals surface area contributed by atoms with Crippen molar-refractivity contribution < 1.29 is 14.6 Å². The molecule has 1 atom stereocenters. The first-order chi connectivity index (χ1) is 7.68. The third kappa shape index (κ3) is 2.11. The van der Waals surface area contributed by atoms with Crippen molar-refractivity contribution in [1.82, 2.24) is 9.97 Å². The molecule has 6 nitrogen and oxygen atoms in total. The lowest BCUT2D eigenvalue weighted by Crippen LogP contribution is -2.27. The van der Waals surface area contributed by atoms with E-state index in [9.17, 15) is 4.79 Å². The standard InChI is InChI=1S/C10H13N3O3/c1-6(10(14)15)13-9-7-4-16-3-2-8(7)11-5-12-9/h5-6H,2-4H2,1H3,(H,14,15)(H,11,12,13). The first-order valence-corrected chi connectivity index (χ1v) is 5.08. The van der Waals surface area contributed by atoms with E-state index in [0.717, 1.165) is 17.7 Å². The number of aliphatic carboxylic acids is 1. The fourth-order valence-corrected chi connectivity index (χ4v) is 1.55. The smallest absolute Gasteiger partial charge is 0.325 e. The Morgan fingerprint density at radius 3 is 3.19 bits per heavy atom. The highest BCUT2D eigenvalue weighted by molar-refractivity contribution is 5.76. The fraction of sp³-hybridized carbons (Fsp3) is 0.500. The van der Waals surface area contributed by atoms with Gasteiger partial charge in [-0.15, -0.1) is 0 Å². The molecule has 2 rings (SSSR count). The van der Waals surface area contributed by atoms with Gasteiger partial charge in [-0.1, -0.05) is 0 Å². The van der Waals surface area contributed by atoms with E-state index in [1.54, 1.807) is 6.92 Å². The molecule has 0 saturated carbocycles. The third-order valence-electron chi connectivity index (χ3n) is 2.49. The second-order valence-corrected chi connectivity index (χ2v) is 3.65. The van der Waals surface area contributed by atoms with Crippen molar-refractivity contribution >= 4 is 11.8 Å². The van der Waals surface area contributed by atoms with E-state index in [2.05, 4.69) is 15.3 Å². The van der Waals surface area contributed by atoms with Crippen LogP contribution in [0.5, 0.6) is 0 Å². The van der Waals surface area contributed by atoms with Crippen LogP contribution in [0, 0.1) is 0 Å². The molecule has 0 bridgehead atoms. The number of carbonyl (C=O) groups is 1. The Kier molecular flexibility index (Phi) is 3.00. The predicted octanol–water partition coefficient (Wildman–Crippen LogP) is 0.434. The summed E-state index contributed by atoms with van der Waals surface area (Å²) >= 11 is 0. The Hall–Kier alpha value is -1.69. The van der Waals surface area contributed by atoms with Crippen LogP contribution in [0.4, 0.5) is 5.82 Å². The number of anilines is 1. The van der Waals surface area contributed by atoms with E-state index >= 15 is 0 Å². The first-order valence-electron chi connectivity index (χ1n) is 5.08. The number of ether oxygens (including phenoxy) is 1. The van der Waals surface area contributed by atoms with Gasteiger partial charge in [-0.25, -0.2) is 9.97 Å². The first kappa shape index (κ1) is 10.8. The maximum atomic E-state index is 10.7. The molecule has 1 aliphatic heterocycles. The molecule has 0 fully saturated rings. The zero-order chi connectivity index (χ0) is 11.5. The Labute approximate surface area is 92.7 Å². The van der Waals surface area contributed by atoms with Crippen LogP contribution < -0.4 is 5.32 Å². The lowest BCUT2D eigenvalue weighted by Gasteiger charge is -2.19. The molecule has 16 heavy (non-hydrogen) atoms. The lowest BCUT2D eigenvalue weighted by molar-refractivity contribution is -0.137. The number of nitrogens with one attached hydrogen (secondary N) is 1. The number of hydrogen-bond donors (Lipinski definition) is 2. The van der Waals surface area contributed by atoms with E-state index < -0.39 is 12.0 Å². The zero-order valence-corrected chi connectivity index (χ0v) is 8.93. The van der Waals surface area contributed by atoms with Crippen molar-refractivity contribution in [3.8, 4) is 0 Å². The van der Waals surface area contributed by atoms with Crippen LogP contribution in [0.1, 0.15) is 18.2 Å². The van der Waals surface area contributed by atoms with Crippen molar-refractivity contribution in [3.05, 3.63) is 17.6 Å². The molecule has 0 aliphatic carbocycles. The van der Waals surface area contributed by atoms with Gasteiger partial charge in [0.25, 0.3) is 0 Å². The number of rotatable bonds is 3. The van der Waals surface area contributed by atoms with Crippen LogP contribution >= 0.6 is 0 Å². The molecule has 0 saturated heterocycles. The quantitative estimate of drug-likeness (QED) is 0.773. The summed E-state index contributed by atoms with van der Waals surface area (Å²) in [6.45, 7) is 2.66. The molecule has 1 aromatic heterocycles. The summed E-state index contributed by atoms with van der Waals surface area (Å²) in [6, 6.07) is -0.680. The van der Waals surface area contributed by atoms with E-state index in [1.165, 1.54) is 6.33 Å². The molecule has 6 heteroatoms. The van der Waals surface area contributed by atoms with E-state index in [1.807, 2.05) is 0 Å². The molecule has 86 valence electrons. The van der Waals surface area contributed by atoms with Crippen molar-refractivity contribution in [3.63, 3.8) is 0 Å². The van der Waals surface area contributed by atoms with E-state index in [4.69, 9.17) is 9.84 Å². The SMILES string of the molecule is CC(Nc1ncnc2c1COCC2)C(=O)O. The second kappa shape index (κ2) is 4.44. The van der Waals surface area contributed by atoms with Crippen LogP contribution in [-0.2, 0) is 22.6 Å². The number of carboxylic acid groups (broad SMARTS) is 1. The molecular weight excluding hydrogens is 210 g/mol. The van der Waals surface area contributed by atoms with Crippen LogP contribution in [-0.4, -0.2) is 33.7 Å². The second-order valence-electron chi connectivity index (χ2n) is 3.65. The Morgan fingerprint density at radius 1 is 1.62 bits per heavy atom. The third-order valence-corrected chi connectivity index (χ3v) is 2.49. The van der Waals surface area contributed by atoms with Crippen LogP contribution in [0.3, 0.4) is 0 Å². The van der Waals surface area contributed by atoms with Gasteiger partial charge in [0.05, 0.1) is 18.9 Å². The zero-order valence-electron chi connectivity index (χ0n) is 8.93. The molecule has 1 unspecified atom stereocenters. The number of aromatic nitrogens is 2. The topological polar surface area (TPSA) is 84.3 Å². The molecule has 2 heterocycles. The van der Waals surface area contributed by atoms with Gasteiger partial charge in [-0.05, 0) is 6.92 Å². The summed E-state index contributed by atoms with van der Waals surface area (Å²) in [5.74, 6) is -0.358. The van der Waals surface area contributed by atoms with Gasteiger partial charge in [-0.2, -0.15) is 0 Å². The minimum atomic E-state index is -0.913. The molecule has 1 aromatic rings. The molecule has 0 aromatic carbocycles. The van der Waals surface area contributed by atoms with Gasteiger partial charge in [0.1, 0.15) is 18.2 Å². The number of carboxylic acids is 1. The average Bonchev–Trinajstić information content (AvgIpc) is 2.29. The van der Waals surface area contributed by atoms with Gasteiger partial charge in [0.15, 0.2) is 0 Å². The fourth-order valence-electron chi connectivity index (χ4n) is 1.55. The lowest BCUT2D eigenvalue weighted by atomic mass is 10.1. The monoisotopic (exact) mass is 223 g/mol. The van der Waals surface area contributed by atoms with Crippen LogP contribution in [0.2, 0.25) is 0 Å². The van der Waals surface area contributed by atoms with Gasteiger partial charge in [0.2, 0.25) is 0 Å². The summed E-state index contributed by atoms with van der Waals surface area (Å²) < 4.78 is 5.31. The molecule has 1 aliphatic rings. The van der Waals surface area contributed by atoms with Crippen molar-refractivity contribution in [1.29, 1.82) is 0 Å². The summed E-state index contributed by atoms with van der Waals surface area (Å²) in [6.07, 6.45) is 2.19. The van der Waals surface area contributed by atoms with Gasteiger partial charge in [0, 0.05) is 12.0 Å². The summed E-state index contributed by atoms with van der Waals surface area (Å²) in [4.78, 5) is 18.9. The molecule has 0 radical (unpaired) electrons. The number of hydrogen-bond acceptors (Lipinski definition) is 5. The highest BCUT2D eigenvalue weighted by atomic mass is 16.5. The van der Waals surface area contributed by atoms with E-state index in [-0.39, 0.29) is 0 Å². The van der Waals surface area contributed by atoms with Crippen molar-refractivity contribution in [2.75, 3.05) is 11.9 Å². The Morgan fingerprint density at radius 2 is 2.44 bits per heavy atom. The number of fused-ring (bicyclic) bond motifs is 1. The van der Waals surface area contributed by atoms with Crippen LogP contribution in [0.25, 0.3) is 0 Å². The predicted molar refractivity (Wildman–Crippen MR) is 56.1 cm³/mol. The van der Waals surface area contributed by atoms with Crippen molar-refractivity contribution in [2.45, 2.75) is 26.0 Å². The highest BCUT2D eigenvalue weighted by Gasteiger charge is 2.18. The summed E-state index contributed by atoms with van der Waals surface area (Å²) in [5, 5.41) is 11.6. The highest BCUT2D eigenvalue weighted by Crippen LogP contribution is 2.21. The van der Waals surface area contributed by atoms with Crippen LogP contribution in [0.15, 0.2) is 6.33 Å². The van der Waals surface area contributed by atoms with Gasteiger partial charge < -0.3 is 15.2 Å². The Balaban J connectivity index is 2.24. The summed E-state index contributed by atoms with van der Waals surface area (Å²) in [5.41, 5.74) is 1.79. The maximum absolute atomic E-state index is 10.7. The largest absolute Gasteiger partial charge is 0.480 e. The number of nitrogens with zero attached hydrogens (tertiary/aromatic N) is 2. The maximum Gasteiger partial charge on any atom is 0.325 e. The summed E-state index contributed by atoms with van der Waals surface area (Å²) in [7, 11) is 0. The molecule has 0 amide bonds. The average molecular weight is 223 g/mol.